The highest BCUT2D eigenvalue weighted by molar-refractivity contribution is 7.89. The van der Waals surface area contributed by atoms with Crippen molar-refractivity contribution in [1.82, 2.24) is 4.31 Å². The number of halogens is 1. The molecule has 0 saturated carbocycles. The highest BCUT2D eigenvalue weighted by atomic mass is 32.2. The molecule has 0 unspecified atom stereocenters. The molecular weight excluding hydrogens is 311 g/mol. The molecule has 0 heterocycles. The van der Waals surface area contributed by atoms with Crippen LogP contribution in [-0.2, 0) is 16.6 Å². The Morgan fingerprint density at radius 1 is 1.14 bits per heavy atom. The van der Waals surface area contributed by atoms with Gasteiger partial charge in [0.25, 0.3) is 5.69 Å². The average molecular weight is 324 g/mol. The van der Waals surface area contributed by atoms with Crippen LogP contribution in [0.3, 0.4) is 0 Å². The lowest BCUT2D eigenvalue weighted by atomic mass is 10.2. The number of hydrogen-bond donors (Lipinski definition) is 0. The molecule has 6 nitrogen and oxygen atoms in total. The summed E-state index contributed by atoms with van der Waals surface area (Å²) >= 11 is 0. The Labute approximate surface area is 127 Å². The summed E-state index contributed by atoms with van der Waals surface area (Å²) < 4.78 is 39.3. The molecule has 0 atom stereocenters. The molecule has 0 bridgehead atoms. The molecule has 0 aliphatic carbocycles. The third kappa shape index (κ3) is 3.12. The van der Waals surface area contributed by atoms with Crippen LogP contribution in [0.1, 0.15) is 5.56 Å². The molecule has 0 radical (unpaired) electrons. The first-order valence-corrected chi connectivity index (χ1v) is 7.71. The predicted molar refractivity (Wildman–Crippen MR) is 78.1 cm³/mol. The monoisotopic (exact) mass is 324 g/mol. The molecule has 116 valence electrons. The number of rotatable bonds is 5. The van der Waals surface area contributed by atoms with Gasteiger partial charge in [0, 0.05) is 25.2 Å². The third-order valence-electron chi connectivity index (χ3n) is 3.11. The third-order valence-corrected chi connectivity index (χ3v) is 4.94. The van der Waals surface area contributed by atoms with Crippen LogP contribution in [0.2, 0.25) is 0 Å². The van der Waals surface area contributed by atoms with Crippen molar-refractivity contribution < 1.29 is 17.7 Å². The topological polar surface area (TPSA) is 80.5 Å². The quantitative estimate of drug-likeness (QED) is 0.625. The fourth-order valence-corrected chi connectivity index (χ4v) is 3.18. The fourth-order valence-electron chi connectivity index (χ4n) is 1.97. The Morgan fingerprint density at radius 2 is 1.73 bits per heavy atom. The van der Waals surface area contributed by atoms with Crippen LogP contribution >= 0.6 is 0 Å². The van der Waals surface area contributed by atoms with Gasteiger partial charge in [-0.05, 0) is 12.1 Å². The maximum absolute atomic E-state index is 13.7. The zero-order chi connectivity index (χ0) is 16.3. The van der Waals surface area contributed by atoms with Gasteiger partial charge in [0.2, 0.25) is 10.0 Å². The molecule has 2 aromatic carbocycles. The van der Waals surface area contributed by atoms with Crippen molar-refractivity contribution in [2.24, 2.45) is 0 Å². The van der Waals surface area contributed by atoms with Gasteiger partial charge in [-0.25, -0.2) is 12.8 Å². The van der Waals surface area contributed by atoms with Gasteiger partial charge in [-0.1, -0.05) is 30.3 Å². The van der Waals surface area contributed by atoms with Crippen molar-refractivity contribution in [3.63, 3.8) is 0 Å². The standard InChI is InChI=1S/C14H13FN2O4S/c1-16(10-11-6-2-4-8-13(11)17(18)19)22(20,21)14-9-5-3-7-12(14)15/h2-9H,10H2,1H3. The van der Waals surface area contributed by atoms with E-state index in [-0.39, 0.29) is 17.8 Å². The lowest BCUT2D eigenvalue weighted by molar-refractivity contribution is -0.385. The van der Waals surface area contributed by atoms with Gasteiger partial charge in [0.1, 0.15) is 10.7 Å². The first kappa shape index (κ1) is 16.1. The van der Waals surface area contributed by atoms with Crippen molar-refractivity contribution in [2.75, 3.05) is 7.05 Å². The molecule has 8 heteroatoms. The minimum Gasteiger partial charge on any atom is -0.258 e. The number of hydrogen-bond acceptors (Lipinski definition) is 4. The van der Waals surface area contributed by atoms with Crippen molar-refractivity contribution >= 4 is 15.7 Å². The molecule has 2 aromatic rings. The summed E-state index contributed by atoms with van der Waals surface area (Å²) in [5, 5.41) is 11.0. The summed E-state index contributed by atoms with van der Waals surface area (Å²) in [6.07, 6.45) is 0. The first-order chi connectivity index (χ1) is 10.3. The van der Waals surface area contributed by atoms with Gasteiger partial charge in [0.15, 0.2) is 0 Å². The molecule has 0 saturated heterocycles. The number of para-hydroxylation sites is 1. The van der Waals surface area contributed by atoms with Crippen LogP contribution in [-0.4, -0.2) is 24.7 Å². The van der Waals surface area contributed by atoms with Crippen molar-refractivity contribution in [1.29, 1.82) is 0 Å². The second kappa shape index (κ2) is 6.20. The molecule has 0 N–H and O–H groups in total. The first-order valence-electron chi connectivity index (χ1n) is 6.27. The van der Waals surface area contributed by atoms with Crippen molar-refractivity contribution in [3.8, 4) is 0 Å². The van der Waals surface area contributed by atoms with Gasteiger partial charge in [-0.3, -0.25) is 10.1 Å². The summed E-state index contributed by atoms with van der Waals surface area (Å²) in [5.74, 6) is -0.864. The number of nitro benzene ring substituents is 1. The molecule has 22 heavy (non-hydrogen) atoms. The fraction of sp³-hybridized carbons (Fsp3) is 0.143. The van der Waals surface area contributed by atoms with Crippen LogP contribution in [0.5, 0.6) is 0 Å². The maximum Gasteiger partial charge on any atom is 0.273 e. The minimum atomic E-state index is -4.07. The molecule has 0 aromatic heterocycles. The van der Waals surface area contributed by atoms with E-state index in [9.17, 15) is 22.9 Å². The Hall–Kier alpha value is -2.32. The van der Waals surface area contributed by atoms with Crippen molar-refractivity contribution in [3.05, 3.63) is 70.0 Å². The van der Waals surface area contributed by atoms with E-state index in [0.717, 1.165) is 16.4 Å². The molecule has 2 rings (SSSR count). The summed E-state index contributed by atoms with van der Waals surface area (Å²) in [7, 11) is -2.83. The van der Waals surface area contributed by atoms with Gasteiger partial charge in [-0.2, -0.15) is 4.31 Å². The summed E-state index contributed by atoms with van der Waals surface area (Å²) in [6, 6.07) is 10.8. The average Bonchev–Trinajstić information content (AvgIpc) is 2.47. The molecule has 0 fully saturated rings. The SMILES string of the molecule is CN(Cc1ccccc1[N+](=O)[O-])S(=O)(=O)c1ccccc1F. The van der Waals surface area contributed by atoms with Gasteiger partial charge in [-0.15, -0.1) is 0 Å². The Kier molecular flexibility index (Phi) is 4.53. The molecule has 0 spiro atoms. The predicted octanol–water partition coefficient (Wildman–Crippen LogP) is 2.55. The van der Waals surface area contributed by atoms with E-state index in [4.69, 9.17) is 0 Å². The number of nitro groups is 1. The second-order valence-corrected chi connectivity index (χ2v) is 6.59. The number of nitrogens with zero attached hydrogens (tertiary/aromatic N) is 2. The van der Waals surface area contributed by atoms with E-state index in [0.29, 0.717) is 0 Å². The van der Waals surface area contributed by atoms with Gasteiger partial charge < -0.3 is 0 Å². The lowest BCUT2D eigenvalue weighted by Crippen LogP contribution is -2.27. The van der Waals surface area contributed by atoms with Gasteiger partial charge in [0.05, 0.1) is 4.92 Å². The van der Waals surface area contributed by atoms with Crippen LogP contribution in [0.25, 0.3) is 0 Å². The second-order valence-electron chi connectivity index (χ2n) is 4.58. The van der Waals surface area contributed by atoms with Crippen LogP contribution in [0, 0.1) is 15.9 Å². The smallest absolute Gasteiger partial charge is 0.258 e. The van der Waals surface area contributed by atoms with Crippen molar-refractivity contribution in [2.45, 2.75) is 11.4 Å². The zero-order valence-corrected chi connectivity index (χ0v) is 12.5. The van der Waals surface area contributed by atoms with E-state index < -0.39 is 25.7 Å². The summed E-state index contributed by atoms with van der Waals surface area (Å²) in [4.78, 5) is 9.91. The summed E-state index contributed by atoms with van der Waals surface area (Å²) in [5.41, 5.74) is 0.0491. The van der Waals surface area contributed by atoms with E-state index >= 15 is 0 Å². The van der Waals surface area contributed by atoms with Crippen LogP contribution in [0.4, 0.5) is 10.1 Å². The number of sulfonamides is 1. The normalized spacial score (nSPS) is 11.6. The largest absolute Gasteiger partial charge is 0.273 e. The number of benzene rings is 2. The Balaban J connectivity index is 2.35. The van der Waals surface area contributed by atoms with E-state index in [1.54, 1.807) is 6.07 Å². The lowest BCUT2D eigenvalue weighted by Gasteiger charge is -2.17. The molecule has 0 aliphatic rings. The van der Waals surface area contributed by atoms with E-state index in [1.807, 2.05) is 0 Å². The summed E-state index contributed by atoms with van der Waals surface area (Å²) in [6.45, 7) is -0.228. The molecule has 0 amide bonds. The van der Waals surface area contributed by atoms with Gasteiger partial charge >= 0.3 is 0 Å². The Morgan fingerprint density at radius 3 is 2.36 bits per heavy atom. The maximum atomic E-state index is 13.7. The highest BCUT2D eigenvalue weighted by Gasteiger charge is 2.26. The highest BCUT2D eigenvalue weighted by Crippen LogP contribution is 2.23. The minimum absolute atomic E-state index is 0.182. The van der Waals surface area contributed by atoms with Crippen LogP contribution < -0.4 is 0 Å². The zero-order valence-electron chi connectivity index (χ0n) is 11.6. The Bertz CT molecular complexity index is 808. The van der Waals surface area contributed by atoms with Crippen LogP contribution in [0.15, 0.2) is 53.4 Å². The molecule has 0 aliphatic heterocycles. The van der Waals surface area contributed by atoms with E-state index in [2.05, 4.69) is 0 Å². The van der Waals surface area contributed by atoms with E-state index in [1.165, 1.54) is 37.4 Å². The molecular formula is C14H13FN2O4S.